The van der Waals surface area contributed by atoms with Crippen LogP contribution in [0, 0.1) is 15.9 Å². The van der Waals surface area contributed by atoms with Gasteiger partial charge in [-0.15, -0.1) is 0 Å². The largest absolute Gasteiger partial charge is 0.463 e. The van der Waals surface area contributed by atoms with Gasteiger partial charge in [0.15, 0.2) is 0 Å². The van der Waals surface area contributed by atoms with Crippen LogP contribution < -0.4 is 4.90 Å². The zero-order valence-electron chi connectivity index (χ0n) is 24.6. The molecular weight excluding hydrogens is 567 g/mol. The predicted octanol–water partition coefficient (Wildman–Crippen LogP) is 5.05. The van der Waals surface area contributed by atoms with Gasteiger partial charge in [-0.3, -0.25) is 19.7 Å². The van der Waals surface area contributed by atoms with Gasteiger partial charge in [0.2, 0.25) is 5.91 Å². The molecule has 44 heavy (non-hydrogen) atoms. The van der Waals surface area contributed by atoms with E-state index in [4.69, 9.17) is 4.74 Å². The van der Waals surface area contributed by atoms with Crippen LogP contribution in [0.25, 0.3) is 0 Å². The number of esters is 1. The summed E-state index contributed by atoms with van der Waals surface area (Å²) in [6, 6.07) is 19.5. The quantitative estimate of drug-likeness (QED) is 0.202. The predicted molar refractivity (Wildman–Crippen MR) is 161 cm³/mol. The Kier molecular flexibility index (Phi) is 9.03. The van der Waals surface area contributed by atoms with Crippen molar-refractivity contribution in [3.05, 3.63) is 117 Å². The van der Waals surface area contributed by atoms with Gasteiger partial charge in [0.25, 0.3) is 11.6 Å². The Bertz CT molecular complexity index is 1600. The summed E-state index contributed by atoms with van der Waals surface area (Å²) in [6.07, 6.45) is -0.0746. The van der Waals surface area contributed by atoms with E-state index in [0.717, 1.165) is 11.3 Å². The summed E-state index contributed by atoms with van der Waals surface area (Å²) in [6.45, 7) is 5.90. The van der Waals surface area contributed by atoms with Crippen LogP contribution in [-0.4, -0.2) is 65.3 Å². The van der Waals surface area contributed by atoms with Gasteiger partial charge in [-0.1, -0.05) is 30.3 Å². The summed E-state index contributed by atoms with van der Waals surface area (Å²) in [4.78, 5) is 55.4. The zero-order valence-corrected chi connectivity index (χ0v) is 24.6. The fraction of sp³-hybridized carbons (Fsp3) is 0.303. The molecule has 0 aromatic heterocycles. The summed E-state index contributed by atoms with van der Waals surface area (Å²) >= 11 is 0. The van der Waals surface area contributed by atoms with Crippen LogP contribution in [0.15, 0.2) is 84.1 Å². The number of allylic oxidation sites excluding steroid dienone is 1. The molecule has 0 spiro atoms. The first-order chi connectivity index (χ1) is 21.2. The Morgan fingerprint density at radius 3 is 2.25 bits per heavy atom. The maximum absolute atomic E-state index is 14.7. The lowest BCUT2D eigenvalue weighted by Crippen LogP contribution is -2.48. The number of carbonyl (C=O) groups is 3. The molecule has 2 aliphatic rings. The maximum Gasteiger partial charge on any atom is 0.336 e. The topological polar surface area (TPSA) is 113 Å². The van der Waals surface area contributed by atoms with Crippen molar-refractivity contribution in [1.29, 1.82) is 0 Å². The van der Waals surface area contributed by atoms with Crippen LogP contribution in [0.5, 0.6) is 0 Å². The first-order valence-electron chi connectivity index (χ1n) is 14.5. The second kappa shape index (κ2) is 13.1. The Morgan fingerprint density at radius 1 is 0.977 bits per heavy atom. The number of anilines is 1. The van der Waals surface area contributed by atoms with Crippen molar-refractivity contribution >= 4 is 29.2 Å². The third-order valence-electron chi connectivity index (χ3n) is 8.13. The number of halogens is 1. The Morgan fingerprint density at radius 2 is 1.64 bits per heavy atom. The highest BCUT2D eigenvalue weighted by Crippen LogP contribution is 2.38. The van der Waals surface area contributed by atoms with Crippen LogP contribution in [0.3, 0.4) is 0 Å². The number of benzene rings is 3. The molecule has 2 aliphatic heterocycles. The molecule has 1 unspecified atom stereocenters. The van der Waals surface area contributed by atoms with Gasteiger partial charge in [-0.25, -0.2) is 9.18 Å². The monoisotopic (exact) mass is 600 g/mol. The third kappa shape index (κ3) is 6.31. The highest BCUT2D eigenvalue weighted by molar-refractivity contribution is 5.96. The van der Waals surface area contributed by atoms with Crippen molar-refractivity contribution in [3.63, 3.8) is 0 Å². The summed E-state index contributed by atoms with van der Waals surface area (Å²) in [7, 11) is 0. The standard InChI is InChI=1S/C33H33FN4O6/c1-3-44-33(41)31-22(2)37(30(39)20-28(31)27-6-4-5-7-29(27)34)21-23-8-10-24(11-9-23)32(40)36-18-16-35(17-19-36)25-12-14-26(15-13-25)38(42)43/h4-15,28H,3,16-21H2,1-2H3. The van der Waals surface area contributed by atoms with E-state index >= 15 is 0 Å². The van der Waals surface area contributed by atoms with Crippen molar-refractivity contribution in [1.82, 2.24) is 9.80 Å². The third-order valence-corrected chi connectivity index (χ3v) is 8.13. The van der Waals surface area contributed by atoms with Crippen LogP contribution in [0.2, 0.25) is 0 Å². The van der Waals surface area contributed by atoms with Crippen LogP contribution >= 0.6 is 0 Å². The van der Waals surface area contributed by atoms with Crippen LogP contribution in [0.1, 0.15) is 47.7 Å². The fourth-order valence-electron chi connectivity index (χ4n) is 5.77. The number of non-ortho nitro benzene ring substituents is 1. The van der Waals surface area contributed by atoms with E-state index in [9.17, 15) is 28.9 Å². The summed E-state index contributed by atoms with van der Waals surface area (Å²) in [5.74, 6) is -2.16. The minimum atomic E-state index is -0.750. The fourth-order valence-corrected chi connectivity index (χ4v) is 5.77. The number of ether oxygens (including phenoxy) is 1. The first-order valence-corrected chi connectivity index (χ1v) is 14.5. The van der Waals surface area contributed by atoms with E-state index in [2.05, 4.69) is 4.90 Å². The van der Waals surface area contributed by atoms with Crippen LogP contribution in [-0.2, 0) is 20.9 Å². The first kappa shape index (κ1) is 30.4. The Balaban J connectivity index is 1.26. The smallest absolute Gasteiger partial charge is 0.336 e. The number of hydrogen-bond acceptors (Lipinski definition) is 7. The molecule has 1 fully saturated rings. The highest BCUT2D eigenvalue weighted by atomic mass is 19.1. The molecule has 1 atom stereocenters. The Hall–Kier alpha value is -5.06. The lowest BCUT2D eigenvalue weighted by atomic mass is 9.83. The van der Waals surface area contributed by atoms with E-state index < -0.39 is 22.6 Å². The molecule has 10 nitrogen and oxygen atoms in total. The van der Waals surface area contributed by atoms with Crippen LogP contribution in [0.4, 0.5) is 15.8 Å². The van der Waals surface area contributed by atoms with Crippen molar-refractivity contribution in [2.45, 2.75) is 32.7 Å². The lowest BCUT2D eigenvalue weighted by Gasteiger charge is -2.36. The molecule has 0 bridgehead atoms. The number of nitro benzene ring substituents is 1. The summed E-state index contributed by atoms with van der Waals surface area (Å²) < 4.78 is 20.0. The molecule has 2 heterocycles. The minimum Gasteiger partial charge on any atom is -0.463 e. The SMILES string of the molecule is CCOC(=O)C1=C(C)N(Cc2ccc(C(=O)N3CCN(c4ccc([N+](=O)[O-])cc4)CC3)cc2)C(=O)CC1c1ccccc1F. The Labute approximate surface area is 254 Å². The highest BCUT2D eigenvalue weighted by Gasteiger charge is 2.38. The summed E-state index contributed by atoms with van der Waals surface area (Å²) in [5, 5.41) is 10.9. The van der Waals surface area contributed by atoms with E-state index in [1.54, 1.807) is 73.3 Å². The zero-order chi connectivity index (χ0) is 31.4. The van der Waals surface area contributed by atoms with Crippen molar-refractivity contribution < 1.29 is 28.4 Å². The van der Waals surface area contributed by atoms with Gasteiger partial charge in [-0.2, -0.15) is 0 Å². The van der Waals surface area contributed by atoms with Crippen molar-refractivity contribution in [2.24, 2.45) is 0 Å². The van der Waals surface area contributed by atoms with E-state index in [1.807, 2.05) is 0 Å². The number of carbonyl (C=O) groups excluding carboxylic acids is 3. The van der Waals surface area contributed by atoms with Gasteiger partial charge < -0.3 is 19.4 Å². The molecule has 228 valence electrons. The average molecular weight is 601 g/mol. The molecule has 5 rings (SSSR count). The van der Waals surface area contributed by atoms with E-state index in [0.29, 0.717) is 37.4 Å². The summed E-state index contributed by atoms with van der Waals surface area (Å²) in [5.41, 5.74) is 3.14. The molecule has 0 radical (unpaired) electrons. The molecule has 0 N–H and O–H groups in total. The number of rotatable bonds is 8. The van der Waals surface area contributed by atoms with Gasteiger partial charge in [-0.05, 0) is 55.3 Å². The number of hydrogen-bond donors (Lipinski definition) is 0. The average Bonchev–Trinajstić information content (AvgIpc) is 3.03. The second-order valence-corrected chi connectivity index (χ2v) is 10.7. The van der Waals surface area contributed by atoms with Crippen molar-refractivity contribution in [3.8, 4) is 0 Å². The number of amides is 2. The minimum absolute atomic E-state index is 0.0352. The molecular formula is C33H33FN4O6. The number of nitro groups is 1. The van der Waals surface area contributed by atoms with Gasteiger partial charge in [0, 0.05) is 67.6 Å². The van der Waals surface area contributed by atoms with Gasteiger partial charge in [0.05, 0.1) is 23.6 Å². The lowest BCUT2D eigenvalue weighted by molar-refractivity contribution is -0.384. The maximum atomic E-state index is 14.7. The second-order valence-electron chi connectivity index (χ2n) is 10.7. The van der Waals surface area contributed by atoms with Gasteiger partial charge >= 0.3 is 5.97 Å². The molecule has 0 aliphatic carbocycles. The van der Waals surface area contributed by atoms with E-state index in [1.165, 1.54) is 23.1 Å². The normalized spacial score (nSPS) is 17.1. The van der Waals surface area contributed by atoms with Crippen molar-refractivity contribution in [2.75, 3.05) is 37.7 Å². The molecule has 0 saturated carbocycles. The molecule has 3 aromatic rings. The van der Waals surface area contributed by atoms with Gasteiger partial charge in [0.1, 0.15) is 5.82 Å². The molecule has 11 heteroatoms. The van der Waals surface area contributed by atoms with E-state index in [-0.39, 0.29) is 48.2 Å². The molecule has 2 amide bonds. The molecule has 3 aromatic carbocycles. The number of piperazine rings is 1. The molecule has 1 saturated heterocycles. The number of nitrogens with zero attached hydrogens (tertiary/aromatic N) is 4.